The van der Waals surface area contributed by atoms with Crippen molar-refractivity contribution in [2.24, 2.45) is 0 Å². The van der Waals surface area contributed by atoms with E-state index in [2.05, 4.69) is 9.88 Å². The van der Waals surface area contributed by atoms with Gasteiger partial charge in [0.25, 0.3) is 10.0 Å². The van der Waals surface area contributed by atoms with Crippen LogP contribution < -0.4 is 5.73 Å². The maximum Gasteiger partial charge on any atom is 0.254 e. The molecule has 0 bridgehead atoms. The van der Waals surface area contributed by atoms with Crippen molar-refractivity contribution in [3.63, 3.8) is 0 Å². The lowest BCUT2D eigenvalue weighted by molar-refractivity contribution is 0.0455. The highest BCUT2D eigenvalue weighted by Crippen LogP contribution is 2.38. The molecule has 2 rings (SSSR count). The molecule has 1 saturated carbocycles. The number of sulfonamides is 1. The van der Waals surface area contributed by atoms with E-state index in [1.54, 1.807) is 14.0 Å². The number of likely N-dealkylation sites (N-methyl/N-ethyl adjacent to an activating group) is 2. The monoisotopic (exact) mass is 318 g/mol. The molecule has 1 heterocycles. The van der Waals surface area contributed by atoms with Gasteiger partial charge in [-0.1, -0.05) is 11.3 Å². The molecule has 1 aliphatic rings. The summed E-state index contributed by atoms with van der Waals surface area (Å²) in [5.74, 6) is 0. The minimum Gasteiger partial charge on any atom is -0.375 e. The first-order chi connectivity index (χ1) is 9.19. The first-order valence-corrected chi connectivity index (χ1v) is 8.81. The van der Waals surface area contributed by atoms with Crippen LogP contribution in [0.2, 0.25) is 0 Å². The van der Waals surface area contributed by atoms with Gasteiger partial charge in [0.1, 0.15) is 0 Å². The zero-order valence-electron chi connectivity index (χ0n) is 12.4. The quantitative estimate of drug-likeness (QED) is 0.880. The van der Waals surface area contributed by atoms with Gasteiger partial charge in [0, 0.05) is 19.1 Å². The smallest absolute Gasteiger partial charge is 0.254 e. The molecule has 0 aliphatic heterocycles. The highest BCUT2D eigenvalue weighted by molar-refractivity contribution is 7.91. The van der Waals surface area contributed by atoms with Crippen molar-refractivity contribution in [1.82, 2.24) is 14.2 Å². The van der Waals surface area contributed by atoms with Crippen LogP contribution in [0.5, 0.6) is 0 Å². The Hall–Kier alpha value is -0.700. The van der Waals surface area contributed by atoms with E-state index in [4.69, 9.17) is 5.73 Å². The molecule has 0 aromatic carbocycles. The Morgan fingerprint density at radius 3 is 2.30 bits per heavy atom. The molecule has 0 saturated heterocycles. The molecule has 2 N–H and O–H groups in total. The van der Waals surface area contributed by atoms with Crippen LogP contribution >= 0.6 is 11.3 Å². The van der Waals surface area contributed by atoms with Gasteiger partial charge in [-0.15, -0.1) is 0 Å². The second kappa shape index (κ2) is 5.25. The fourth-order valence-electron chi connectivity index (χ4n) is 2.61. The van der Waals surface area contributed by atoms with Gasteiger partial charge in [-0.3, -0.25) is 0 Å². The van der Waals surface area contributed by atoms with E-state index < -0.39 is 10.0 Å². The number of nitrogens with two attached hydrogens (primary N) is 1. The molecule has 0 spiro atoms. The maximum absolute atomic E-state index is 12.6. The predicted molar refractivity (Wildman–Crippen MR) is 81.3 cm³/mol. The van der Waals surface area contributed by atoms with Crippen LogP contribution in [0.4, 0.5) is 5.13 Å². The van der Waals surface area contributed by atoms with Crippen LogP contribution in [-0.4, -0.2) is 55.8 Å². The SMILES string of the molecule is Cc1nc(N)sc1S(=O)(=O)N(C)CC1(N(C)C)CCC1. The van der Waals surface area contributed by atoms with Crippen LogP contribution in [0.1, 0.15) is 25.0 Å². The van der Waals surface area contributed by atoms with Gasteiger partial charge in [0.05, 0.1) is 5.69 Å². The Kier molecular flexibility index (Phi) is 4.12. The number of nitrogen functional groups attached to an aromatic ring is 1. The normalized spacial score (nSPS) is 18.5. The van der Waals surface area contributed by atoms with Crippen molar-refractivity contribution in [1.29, 1.82) is 0 Å². The number of rotatable bonds is 5. The molecule has 6 nitrogen and oxygen atoms in total. The Bertz CT molecular complexity index is 591. The van der Waals surface area contributed by atoms with Crippen molar-refractivity contribution in [2.45, 2.75) is 35.9 Å². The van der Waals surface area contributed by atoms with Crippen LogP contribution in [0.25, 0.3) is 0 Å². The molecule has 1 aliphatic carbocycles. The van der Waals surface area contributed by atoms with Gasteiger partial charge < -0.3 is 10.6 Å². The van der Waals surface area contributed by atoms with Gasteiger partial charge in [-0.2, -0.15) is 4.31 Å². The van der Waals surface area contributed by atoms with Crippen molar-refractivity contribution in [3.8, 4) is 0 Å². The first kappa shape index (κ1) is 15.7. The molecule has 8 heteroatoms. The standard InChI is InChI=1S/C12H22N4O2S2/c1-9-10(19-11(13)14-9)20(17,18)16(4)8-12(15(2)3)6-5-7-12/h5-8H2,1-4H3,(H2,13,14). The lowest BCUT2D eigenvalue weighted by Crippen LogP contribution is -2.57. The summed E-state index contributed by atoms with van der Waals surface area (Å²) in [5, 5.41) is 0.292. The first-order valence-electron chi connectivity index (χ1n) is 6.56. The molecule has 0 unspecified atom stereocenters. The molecule has 1 aromatic heterocycles. The molecular weight excluding hydrogens is 296 g/mol. The number of anilines is 1. The number of hydrogen-bond acceptors (Lipinski definition) is 6. The maximum atomic E-state index is 12.6. The fourth-order valence-corrected chi connectivity index (χ4v) is 5.35. The van der Waals surface area contributed by atoms with E-state index in [0.29, 0.717) is 17.4 Å². The van der Waals surface area contributed by atoms with E-state index >= 15 is 0 Å². The third-order valence-corrected chi connectivity index (χ3v) is 7.54. The second-order valence-electron chi connectivity index (χ2n) is 5.66. The van der Waals surface area contributed by atoms with Crippen molar-refractivity contribution < 1.29 is 8.42 Å². The summed E-state index contributed by atoms with van der Waals surface area (Å²) in [7, 11) is 2.14. The Balaban J connectivity index is 2.24. The number of thiazole rings is 1. The summed E-state index contributed by atoms with van der Waals surface area (Å²) in [6, 6.07) is 0. The number of aryl methyl sites for hydroxylation is 1. The molecular formula is C12H22N4O2S2. The van der Waals surface area contributed by atoms with E-state index in [1.807, 2.05) is 14.1 Å². The third-order valence-electron chi connectivity index (χ3n) is 4.17. The lowest BCUT2D eigenvalue weighted by Gasteiger charge is -2.48. The topological polar surface area (TPSA) is 79.5 Å². The summed E-state index contributed by atoms with van der Waals surface area (Å²) < 4.78 is 26.9. The van der Waals surface area contributed by atoms with Crippen LogP contribution in [0.15, 0.2) is 4.21 Å². The van der Waals surface area contributed by atoms with Crippen molar-refractivity contribution in [2.75, 3.05) is 33.4 Å². The average Bonchev–Trinajstić information content (AvgIpc) is 2.62. The average molecular weight is 318 g/mol. The van der Waals surface area contributed by atoms with Gasteiger partial charge in [-0.05, 0) is 40.3 Å². The lowest BCUT2D eigenvalue weighted by atomic mass is 9.75. The minimum atomic E-state index is -3.51. The number of aromatic nitrogens is 1. The number of hydrogen-bond donors (Lipinski definition) is 1. The predicted octanol–water partition coefficient (Wildman–Crippen LogP) is 1.14. The molecule has 1 fully saturated rings. The molecule has 114 valence electrons. The minimum absolute atomic E-state index is 0.0358. The highest BCUT2D eigenvalue weighted by atomic mass is 32.2. The Labute approximate surface area is 124 Å². The summed E-state index contributed by atoms with van der Waals surface area (Å²) in [6.07, 6.45) is 3.21. The van der Waals surface area contributed by atoms with Gasteiger partial charge in [0.15, 0.2) is 9.34 Å². The summed E-state index contributed by atoms with van der Waals surface area (Å²) in [6.45, 7) is 2.18. The molecule has 1 aromatic rings. The Morgan fingerprint density at radius 1 is 1.35 bits per heavy atom. The van der Waals surface area contributed by atoms with Crippen molar-refractivity contribution >= 4 is 26.5 Å². The van der Waals surface area contributed by atoms with E-state index in [0.717, 1.165) is 30.6 Å². The third kappa shape index (κ3) is 2.57. The Morgan fingerprint density at radius 2 is 1.95 bits per heavy atom. The molecule has 20 heavy (non-hydrogen) atoms. The van der Waals surface area contributed by atoms with Crippen LogP contribution in [-0.2, 0) is 10.0 Å². The fraction of sp³-hybridized carbons (Fsp3) is 0.750. The zero-order valence-corrected chi connectivity index (χ0v) is 14.0. The zero-order chi connectivity index (χ0) is 15.1. The largest absolute Gasteiger partial charge is 0.375 e. The van der Waals surface area contributed by atoms with Crippen molar-refractivity contribution in [3.05, 3.63) is 5.69 Å². The van der Waals surface area contributed by atoms with E-state index in [1.165, 1.54) is 4.31 Å². The van der Waals surface area contributed by atoms with Gasteiger partial charge in [0.2, 0.25) is 0 Å². The molecule has 0 radical (unpaired) electrons. The number of nitrogens with zero attached hydrogens (tertiary/aromatic N) is 3. The van der Waals surface area contributed by atoms with Gasteiger partial charge in [-0.25, -0.2) is 13.4 Å². The second-order valence-corrected chi connectivity index (χ2v) is 8.93. The summed E-state index contributed by atoms with van der Waals surface area (Å²) >= 11 is 1.03. The van der Waals surface area contributed by atoms with E-state index in [-0.39, 0.29) is 9.75 Å². The summed E-state index contributed by atoms with van der Waals surface area (Å²) in [4.78, 5) is 6.14. The van der Waals surface area contributed by atoms with Crippen LogP contribution in [0, 0.1) is 6.92 Å². The van der Waals surface area contributed by atoms with E-state index in [9.17, 15) is 8.42 Å². The van der Waals surface area contributed by atoms with Gasteiger partial charge >= 0.3 is 0 Å². The molecule has 0 amide bonds. The highest BCUT2D eigenvalue weighted by Gasteiger charge is 2.42. The molecule has 0 atom stereocenters. The van der Waals surface area contributed by atoms with Crippen LogP contribution in [0.3, 0.4) is 0 Å². The summed E-state index contributed by atoms with van der Waals surface area (Å²) in [5.41, 5.74) is 6.05.